The third kappa shape index (κ3) is 4.49. The number of primary amides is 1. The van der Waals surface area contributed by atoms with E-state index in [1.165, 1.54) is 0 Å². The third-order valence-electron chi connectivity index (χ3n) is 3.06. The molecule has 21 heavy (non-hydrogen) atoms. The first kappa shape index (κ1) is 14.8. The first-order valence-corrected chi connectivity index (χ1v) is 6.87. The second-order valence-corrected chi connectivity index (χ2v) is 4.67. The molecule has 0 fully saturated rings. The Morgan fingerprint density at radius 1 is 1.29 bits per heavy atom. The minimum atomic E-state index is -0.386. The fraction of sp³-hybridized carbons (Fsp3) is 0.250. The van der Waals surface area contributed by atoms with E-state index < -0.39 is 0 Å². The van der Waals surface area contributed by atoms with Gasteiger partial charge in [0.1, 0.15) is 12.6 Å². The standard InChI is InChI=1S/C16H19N3O2/c1-2-14(16(17)20)19-13-8-9-15(18-10-13)21-11-12-6-4-3-5-7-12/h3-10,14,19H,2,11H2,1H3,(H2,17,20)/t14-/m0/s1. The first-order chi connectivity index (χ1) is 10.2. The predicted octanol–water partition coefficient (Wildman–Crippen LogP) is 2.34. The summed E-state index contributed by atoms with van der Waals surface area (Å²) in [5.41, 5.74) is 7.12. The zero-order valence-corrected chi connectivity index (χ0v) is 12.0. The van der Waals surface area contributed by atoms with Gasteiger partial charge in [0, 0.05) is 6.07 Å². The van der Waals surface area contributed by atoms with E-state index in [0.29, 0.717) is 18.9 Å². The molecule has 1 aromatic carbocycles. The van der Waals surface area contributed by atoms with Crippen molar-refractivity contribution in [2.24, 2.45) is 5.73 Å². The molecule has 3 N–H and O–H groups in total. The van der Waals surface area contributed by atoms with Gasteiger partial charge in [-0.2, -0.15) is 0 Å². The molecule has 0 spiro atoms. The largest absolute Gasteiger partial charge is 0.473 e. The second kappa shape index (κ2) is 7.28. The maximum absolute atomic E-state index is 11.2. The fourth-order valence-corrected chi connectivity index (χ4v) is 1.86. The maximum atomic E-state index is 11.2. The molecule has 1 heterocycles. The van der Waals surface area contributed by atoms with Crippen molar-refractivity contribution in [2.75, 3.05) is 5.32 Å². The Kier molecular flexibility index (Phi) is 5.15. The molecule has 2 rings (SSSR count). The summed E-state index contributed by atoms with van der Waals surface area (Å²) in [7, 11) is 0. The van der Waals surface area contributed by atoms with Crippen LogP contribution in [-0.4, -0.2) is 16.9 Å². The summed E-state index contributed by atoms with van der Waals surface area (Å²) in [6, 6.07) is 13.1. The number of anilines is 1. The van der Waals surface area contributed by atoms with E-state index in [2.05, 4.69) is 10.3 Å². The van der Waals surface area contributed by atoms with Gasteiger partial charge in [-0.15, -0.1) is 0 Å². The molecule has 0 saturated carbocycles. The number of hydrogen-bond donors (Lipinski definition) is 2. The van der Waals surface area contributed by atoms with Crippen LogP contribution in [0, 0.1) is 0 Å². The van der Waals surface area contributed by atoms with Gasteiger partial charge in [-0.05, 0) is 18.1 Å². The van der Waals surface area contributed by atoms with Crippen LogP contribution in [0.25, 0.3) is 0 Å². The van der Waals surface area contributed by atoms with Gasteiger partial charge < -0.3 is 15.8 Å². The van der Waals surface area contributed by atoms with Crippen molar-refractivity contribution < 1.29 is 9.53 Å². The van der Waals surface area contributed by atoms with Gasteiger partial charge in [0.05, 0.1) is 11.9 Å². The van der Waals surface area contributed by atoms with Crippen molar-refractivity contribution in [3.8, 4) is 5.88 Å². The number of ether oxygens (including phenoxy) is 1. The summed E-state index contributed by atoms with van der Waals surface area (Å²) < 4.78 is 5.60. The number of nitrogens with two attached hydrogens (primary N) is 1. The molecule has 0 aliphatic rings. The van der Waals surface area contributed by atoms with E-state index in [1.54, 1.807) is 12.3 Å². The van der Waals surface area contributed by atoms with E-state index in [4.69, 9.17) is 10.5 Å². The molecular weight excluding hydrogens is 266 g/mol. The van der Waals surface area contributed by atoms with Gasteiger partial charge in [-0.3, -0.25) is 4.79 Å². The van der Waals surface area contributed by atoms with Crippen LogP contribution in [0.3, 0.4) is 0 Å². The van der Waals surface area contributed by atoms with Crippen LogP contribution in [0.5, 0.6) is 5.88 Å². The normalized spacial score (nSPS) is 11.7. The van der Waals surface area contributed by atoms with E-state index in [1.807, 2.05) is 43.3 Å². The summed E-state index contributed by atoms with van der Waals surface area (Å²) in [5.74, 6) is 0.165. The fourth-order valence-electron chi connectivity index (χ4n) is 1.86. The average Bonchev–Trinajstić information content (AvgIpc) is 2.52. The first-order valence-electron chi connectivity index (χ1n) is 6.87. The van der Waals surface area contributed by atoms with E-state index in [9.17, 15) is 4.79 Å². The topological polar surface area (TPSA) is 77.2 Å². The number of carbonyl (C=O) groups is 1. The van der Waals surface area contributed by atoms with Crippen LogP contribution >= 0.6 is 0 Å². The molecule has 1 atom stereocenters. The number of rotatable bonds is 7. The lowest BCUT2D eigenvalue weighted by atomic mass is 10.2. The number of benzene rings is 1. The minimum Gasteiger partial charge on any atom is -0.473 e. The summed E-state index contributed by atoms with van der Waals surface area (Å²) in [5, 5.41) is 3.04. The van der Waals surface area contributed by atoms with Crippen LogP contribution in [0.1, 0.15) is 18.9 Å². The van der Waals surface area contributed by atoms with Crippen molar-refractivity contribution in [2.45, 2.75) is 26.0 Å². The van der Waals surface area contributed by atoms with Crippen LogP contribution in [-0.2, 0) is 11.4 Å². The van der Waals surface area contributed by atoms with Crippen molar-refractivity contribution in [3.05, 3.63) is 54.2 Å². The zero-order chi connectivity index (χ0) is 15.1. The van der Waals surface area contributed by atoms with Gasteiger partial charge in [0.15, 0.2) is 0 Å². The molecule has 5 heteroatoms. The number of amides is 1. The number of hydrogen-bond acceptors (Lipinski definition) is 4. The molecule has 0 aliphatic heterocycles. The predicted molar refractivity (Wildman–Crippen MR) is 81.9 cm³/mol. The van der Waals surface area contributed by atoms with Crippen LogP contribution < -0.4 is 15.8 Å². The van der Waals surface area contributed by atoms with Crippen molar-refractivity contribution in [3.63, 3.8) is 0 Å². The highest BCUT2D eigenvalue weighted by atomic mass is 16.5. The lowest BCUT2D eigenvalue weighted by Crippen LogP contribution is -2.34. The highest BCUT2D eigenvalue weighted by Gasteiger charge is 2.12. The second-order valence-electron chi connectivity index (χ2n) is 4.67. The van der Waals surface area contributed by atoms with Gasteiger partial charge >= 0.3 is 0 Å². The van der Waals surface area contributed by atoms with Gasteiger partial charge in [0.2, 0.25) is 11.8 Å². The van der Waals surface area contributed by atoms with E-state index in [0.717, 1.165) is 11.3 Å². The van der Waals surface area contributed by atoms with Crippen molar-refractivity contribution >= 4 is 11.6 Å². The number of pyridine rings is 1. The molecule has 0 aliphatic carbocycles. The molecular formula is C16H19N3O2. The Balaban J connectivity index is 1.91. The Bertz CT molecular complexity index is 570. The van der Waals surface area contributed by atoms with Crippen LogP contribution in [0.2, 0.25) is 0 Å². The lowest BCUT2D eigenvalue weighted by molar-refractivity contribution is -0.118. The molecule has 0 unspecified atom stereocenters. The highest BCUT2D eigenvalue weighted by molar-refractivity contribution is 5.82. The van der Waals surface area contributed by atoms with Gasteiger partial charge in [-0.1, -0.05) is 37.3 Å². The summed E-state index contributed by atoms with van der Waals surface area (Å²) in [6.45, 7) is 2.37. The average molecular weight is 285 g/mol. The molecule has 2 aromatic rings. The number of carbonyl (C=O) groups excluding carboxylic acids is 1. The quantitative estimate of drug-likeness (QED) is 0.818. The Morgan fingerprint density at radius 2 is 2.05 bits per heavy atom. The number of nitrogens with zero attached hydrogens (tertiary/aromatic N) is 1. The third-order valence-corrected chi connectivity index (χ3v) is 3.06. The van der Waals surface area contributed by atoms with E-state index >= 15 is 0 Å². The van der Waals surface area contributed by atoms with Crippen molar-refractivity contribution in [1.29, 1.82) is 0 Å². The zero-order valence-electron chi connectivity index (χ0n) is 12.0. The smallest absolute Gasteiger partial charge is 0.239 e. The Hall–Kier alpha value is -2.56. The number of aromatic nitrogens is 1. The molecule has 0 saturated heterocycles. The van der Waals surface area contributed by atoms with E-state index in [-0.39, 0.29) is 11.9 Å². The molecule has 0 bridgehead atoms. The summed E-state index contributed by atoms with van der Waals surface area (Å²) >= 11 is 0. The minimum absolute atomic E-state index is 0.373. The monoisotopic (exact) mass is 285 g/mol. The molecule has 1 amide bonds. The SMILES string of the molecule is CC[C@H](Nc1ccc(OCc2ccccc2)nc1)C(N)=O. The Labute approximate surface area is 124 Å². The van der Waals surface area contributed by atoms with Crippen LogP contribution in [0.4, 0.5) is 5.69 Å². The highest BCUT2D eigenvalue weighted by Crippen LogP contribution is 2.14. The molecule has 110 valence electrons. The Morgan fingerprint density at radius 3 is 2.62 bits per heavy atom. The lowest BCUT2D eigenvalue weighted by Gasteiger charge is -2.14. The summed E-state index contributed by atoms with van der Waals surface area (Å²) in [4.78, 5) is 15.4. The van der Waals surface area contributed by atoms with Gasteiger partial charge in [0.25, 0.3) is 0 Å². The molecule has 1 aromatic heterocycles. The van der Waals surface area contributed by atoms with Crippen molar-refractivity contribution in [1.82, 2.24) is 4.98 Å². The summed E-state index contributed by atoms with van der Waals surface area (Å²) in [6.07, 6.45) is 2.26. The molecule has 5 nitrogen and oxygen atoms in total. The van der Waals surface area contributed by atoms with Crippen LogP contribution in [0.15, 0.2) is 48.7 Å². The maximum Gasteiger partial charge on any atom is 0.239 e. The number of nitrogens with one attached hydrogen (secondary N) is 1. The molecule has 0 radical (unpaired) electrons. The van der Waals surface area contributed by atoms with Gasteiger partial charge in [-0.25, -0.2) is 4.98 Å².